The lowest BCUT2D eigenvalue weighted by Gasteiger charge is -2.01. The molecule has 3 aromatic heterocycles. The van der Waals surface area contributed by atoms with Crippen molar-refractivity contribution in [1.82, 2.24) is 19.6 Å². The van der Waals surface area contributed by atoms with Crippen molar-refractivity contribution in [3.63, 3.8) is 0 Å². The van der Waals surface area contributed by atoms with Gasteiger partial charge in [0.1, 0.15) is 0 Å². The van der Waals surface area contributed by atoms with Gasteiger partial charge in [-0.1, -0.05) is 24.3 Å². The lowest BCUT2D eigenvalue weighted by molar-refractivity contribution is 0.966. The van der Waals surface area contributed by atoms with Gasteiger partial charge in [0.05, 0.1) is 0 Å². The molecule has 0 saturated heterocycles. The molecule has 1 N–H and O–H groups in total. The Morgan fingerprint density at radius 1 is 0.909 bits per heavy atom. The number of hydrogen-bond acceptors (Lipinski definition) is 4. The first-order valence-corrected chi connectivity index (χ1v) is 6.98. The molecule has 1 aromatic carbocycles. The number of nitrogens with zero attached hydrogens (tertiary/aromatic N) is 4. The SMILES string of the molecule is c1ccc(Nc2nc3c(-c4cccnc4)cccn3n2)cc1. The first kappa shape index (κ1) is 12.5. The summed E-state index contributed by atoms with van der Waals surface area (Å²) in [5, 5.41) is 7.68. The Hall–Kier alpha value is -3.21. The second-order valence-electron chi connectivity index (χ2n) is 4.86. The quantitative estimate of drug-likeness (QED) is 0.626. The van der Waals surface area contributed by atoms with Crippen molar-refractivity contribution in [3.8, 4) is 11.1 Å². The van der Waals surface area contributed by atoms with Gasteiger partial charge in [0.15, 0.2) is 5.65 Å². The highest BCUT2D eigenvalue weighted by atomic mass is 15.3. The Kier molecular flexibility index (Phi) is 3.01. The van der Waals surface area contributed by atoms with Crippen LogP contribution in [0.4, 0.5) is 11.6 Å². The molecule has 3 heterocycles. The predicted octanol–water partition coefficient (Wildman–Crippen LogP) is 3.53. The fraction of sp³-hybridized carbons (Fsp3) is 0. The van der Waals surface area contributed by atoms with Crippen LogP contribution in [-0.2, 0) is 0 Å². The molecule has 4 rings (SSSR count). The number of pyridine rings is 2. The molecule has 0 unspecified atom stereocenters. The van der Waals surface area contributed by atoms with E-state index >= 15 is 0 Å². The van der Waals surface area contributed by atoms with Crippen molar-refractivity contribution in [2.24, 2.45) is 0 Å². The molecule has 0 aliphatic heterocycles. The maximum Gasteiger partial charge on any atom is 0.247 e. The summed E-state index contributed by atoms with van der Waals surface area (Å²) in [6, 6.07) is 17.8. The van der Waals surface area contributed by atoms with E-state index in [9.17, 15) is 0 Å². The zero-order valence-corrected chi connectivity index (χ0v) is 11.7. The molecule has 0 aliphatic carbocycles. The molecule has 0 radical (unpaired) electrons. The highest BCUT2D eigenvalue weighted by Gasteiger charge is 2.09. The van der Waals surface area contributed by atoms with Crippen LogP contribution in [0.2, 0.25) is 0 Å². The second kappa shape index (κ2) is 5.29. The van der Waals surface area contributed by atoms with Crippen LogP contribution < -0.4 is 5.32 Å². The van der Waals surface area contributed by atoms with Gasteiger partial charge in [-0.05, 0) is 30.3 Å². The minimum Gasteiger partial charge on any atom is -0.323 e. The fourth-order valence-electron chi connectivity index (χ4n) is 2.36. The smallest absolute Gasteiger partial charge is 0.247 e. The van der Waals surface area contributed by atoms with Gasteiger partial charge in [-0.15, -0.1) is 5.10 Å². The molecule has 0 amide bonds. The summed E-state index contributed by atoms with van der Waals surface area (Å²) < 4.78 is 1.77. The third kappa shape index (κ3) is 2.29. The van der Waals surface area contributed by atoms with E-state index in [-0.39, 0.29) is 0 Å². The van der Waals surface area contributed by atoms with Gasteiger partial charge >= 0.3 is 0 Å². The number of fused-ring (bicyclic) bond motifs is 1. The van der Waals surface area contributed by atoms with Gasteiger partial charge in [-0.3, -0.25) is 4.98 Å². The number of benzene rings is 1. The van der Waals surface area contributed by atoms with Crippen molar-refractivity contribution >= 4 is 17.3 Å². The van der Waals surface area contributed by atoms with E-state index in [1.54, 1.807) is 10.7 Å². The molecule has 106 valence electrons. The normalized spacial score (nSPS) is 10.7. The Bertz CT molecular complexity index is 900. The van der Waals surface area contributed by atoms with Crippen LogP contribution in [0.5, 0.6) is 0 Å². The minimum atomic E-state index is 0.572. The standard InChI is InChI=1S/C17H13N5/c1-2-7-14(8-3-1)19-17-20-16-15(9-5-11-22(16)21-17)13-6-4-10-18-12-13/h1-12H,(H,19,21). The lowest BCUT2D eigenvalue weighted by atomic mass is 10.1. The first-order valence-electron chi connectivity index (χ1n) is 6.98. The number of nitrogens with one attached hydrogen (secondary N) is 1. The lowest BCUT2D eigenvalue weighted by Crippen LogP contribution is -1.92. The molecule has 5 heteroatoms. The zero-order chi connectivity index (χ0) is 14.8. The summed E-state index contributed by atoms with van der Waals surface area (Å²) in [7, 11) is 0. The molecule has 4 aromatic rings. The molecule has 0 aliphatic rings. The Labute approximate surface area is 127 Å². The number of para-hydroxylation sites is 1. The van der Waals surface area contributed by atoms with Crippen molar-refractivity contribution in [3.05, 3.63) is 73.2 Å². The van der Waals surface area contributed by atoms with E-state index in [4.69, 9.17) is 0 Å². The van der Waals surface area contributed by atoms with Crippen LogP contribution in [0.1, 0.15) is 0 Å². The summed E-state index contributed by atoms with van der Waals surface area (Å²) >= 11 is 0. The van der Waals surface area contributed by atoms with Gasteiger partial charge in [0.25, 0.3) is 0 Å². The summed E-state index contributed by atoms with van der Waals surface area (Å²) in [6.07, 6.45) is 5.47. The molecule has 0 fully saturated rings. The maximum absolute atomic E-state index is 4.60. The molecule has 0 spiro atoms. The van der Waals surface area contributed by atoms with E-state index in [0.717, 1.165) is 22.5 Å². The summed E-state index contributed by atoms with van der Waals surface area (Å²) in [5.41, 5.74) is 3.78. The maximum atomic E-state index is 4.60. The van der Waals surface area contributed by atoms with Crippen LogP contribution in [0, 0.1) is 0 Å². The van der Waals surface area contributed by atoms with Crippen LogP contribution >= 0.6 is 0 Å². The van der Waals surface area contributed by atoms with E-state index in [1.807, 2.05) is 67.0 Å². The van der Waals surface area contributed by atoms with Gasteiger partial charge in [0.2, 0.25) is 5.95 Å². The van der Waals surface area contributed by atoms with Crippen molar-refractivity contribution in [2.75, 3.05) is 5.32 Å². The fourth-order valence-corrected chi connectivity index (χ4v) is 2.36. The van der Waals surface area contributed by atoms with E-state index < -0.39 is 0 Å². The van der Waals surface area contributed by atoms with Gasteiger partial charge in [-0.2, -0.15) is 4.98 Å². The average Bonchev–Trinajstić information content (AvgIpc) is 2.99. The molecular formula is C17H13N5. The van der Waals surface area contributed by atoms with Crippen molar-refractivity contribution < 1.29 is 0 Å². The number of aromatic nitrogens is 4. The summed E-state index contributed by atoms with van der Waals surface area (Å²) in [6.45, 7) is 0. The monoisotopic (exact) mass is 287 g/mol. The molecule has 22 heavy (non-hydrogen) atoms. The molecular weight excluding hydrogens is 274 g/mol. The summed E-state index contributed by atoms with van der Waals surface area (Å²) in [4.78, 5) is 8.77. The highest BCUT2D eigenvalue weighted by Crippen LogP contribution is 2.23. The first-order chi connectivity index (χ1) is 10.9. The van der Waals surface area contributed by atoms with E-state index in [1.165, 1.54) is 0 Å². The van der Waals surface area contributed by atoms with Crippen molar-refractivity contribution in [1.29, 1.82) is 0 Å². The van der Waals surface area contributed by atoms with Gasteiger partial charge in [0, 0.05) is 35.4 Å². The molecule has 0 bridgehead atoms. The second-order valence-corrected chi connectivity index (χ2v) is 4.86. The third-order valence-corrected chi connectivity index (χ3v) is 3.36. The van der Waals surface area contributed by atoms with Crippen molar-refractivity contribution in [2.45, 2.75) is 0 Å². The van der Waals surface area contributed by atoms with E-state index in [0.29, 0.717) is 5.95 Å². The predicted molar refractivity (Wildman–Crippen MR) is 85.9 cm³/mol. The molecule has 0 atom stereocenters. The number of anilines is 2. The topological polar surface area (TPSA) is 55.1 Å². The van der Waals surface area contributed by atoms with Crippen LogP contribution in [0.3, 0.4) is 0 Å². The number of hydrogen-bond donors (Lipinski definition) is 1. The van der Waals surface area contributed by atoms with Gasteiger partial charge in [-0.25, -0.2) is 4.52 Å². The minimum absolute atomic E-state index is 0.572. The Morgan fingerprint density at radius 3 is 2.64 bits per heavy atom. The van der Waals surface area contributed by atoms with E-state index in [2.05, 4.69) is 20.4 Å². The highest BCUT2D eigenvalue weighted by molar-refractivity contribution is 5.77. The number of rotatable bonds is 3. The van der Waals surface area contributed by atoms with Crippen LogP contribution in [0.25, 0.3) is 16.8 Å². The average molecular weight is 287 g/mol. The van der Waals surface area contributed by atoms with Gasteiger partial charge < -0.3 is 5.32 Å². The molecule has 5 nitrogen and oxygen atoms in total. The zero-order valence-electron chi connectivity index (χ0n) is 11.7. The Balaban J connectivity index is 1.78. The Morgan fingerprint density at radius 2 is 1.82 bits per heavy atom. The van der Waals surface area contributed by atoms with Crippen LogP contribution in [0.15, 0.2) is 73.2 Å². The molecule has 0 saturated carbocycles. The third-order valence-electron chi connectivity index (χ3n) is 3.36. The van der Waals surface area contributed by atoms with Crippen LogP contribution in [-0.4, -0.2) is 19.6 Å². The summed E-state index contributed by atoms with van der Waals surface area (Å²) in [5.74, 6) is 0.572. The largest absolute Gasteiger partial charge is 0.323 e.